The number of anilines is 1. The molecular formula is C18H16F3N3O3. The van der Waals surface area contributed by atoms with E-state index in [0.717, 1.165) is 18.2 Å². The molecule has 1 amide bonds. The molecule has 1 aliphatic rings. The van der Waals surface area contributed by atoms with Gasteiger partial charge in [0.05, 0.1) is 22.2 Å². The van der Waals surface area contributed by atoms with E-state index >= 15 is 0 Å². The summed E-state index contributed by atoms with van der Waals surface area (Å²) in [4.78, 5) is 25.7. The molecule has 6 nitrogen and oxygen atoms in total. The molecule has 1 saturated heterocycles. The number of amides is 1. The Hall–Kier alpha value is -3.10. The van der Waals surface area contributed by atoms with Crippen LogP contribution in [-0.4, -0.2) is 41.4 Å². The van der Waals surface area contributed by atoms with E-state index in [1.54, 1.807) is 11.8 Å². The van der Waals surface area contributed by atoms with Gasteiger partial charge in [0.2, 0.25) is 0 Å². The number of carbonyl (C=O) groups excluding carboxylic acids is 1. The predicted octanol–water partition coefficient (Wildman–Crippen LogP) is 3.36. The molecule has 0 bridgehead atoms. The Morgan fingerprint density at radius 1 is 1.11 bits per heavy atom. The van der Waals surface area contributed by atoms with Crippen LogP contribution in [0.15, 0.2) is 36.4 Å². The van der Waals surface area contributed by atoms with Gasteiger partial charge in [0.1, 0.15) is 11.6 Å². The summed E-state index contributed by atoms with van der Waals surface area (Å²) in [6.45, 7) is 2.47. The summed E-state index contributed by atoms with van der Waals surface area (Å²) in [5, 5.41) is 10.7. The van der Waals surface area contributed by atoms with Crippen LogP contribution in [0.1, 0.15) is 17.3 Å². The highest BCUT2D eigenvalue weighted by Crippen LogP contribution is 2.27. The topological polar surface area (TPSA) is 66.7 Å². The molecule has 1 atom stereocenters. The summed E-state index contributed by atoms with van der Waals surface area (Å²) >= 11 is 0. The van der Waals surface area contributed by atoms with E-state index in [1.807, 2.05) is 0 Å². The van der Waals surface area contributed by atoms with Crippen molar-refractivity contribution >= 4 is 17.3 Å². The third-order valence-corrected chi connectivity index (χ3v) is 4.53. The van der Waals surface area contributed by atoms with Gasteiger partial charge in [-0.15, -0.1) is 0 Å². The minimum Gasteiger partial charge on any atom is -0.365 e. The molecule has 142 valence electrons. The maximum atomic E-state index is 14.2. The van der Waals surface area contributed by atoms with Crippen LogP contribution in [0, 0.1) is 27.6 Å². The van der Waals surface area contributed by atoms with Gasteiger partial charge in [0.15, 0.2) is 5.82 Å². The number of halogens is 3. The zero-order chi connectivity index (χ0) is 19.7. The molecule has 2 aromatic carbocycles. The number of nitro groups is 1. The van der Waals surface area contributed by atoms with E-state index in [2.05, 4.69) is 0 Å². The first-order valence-corrected chi connectivity index (χ1v) is 8.23. The minimum atomic E-state index is -0.934. The summed E-state index contributed by atoms with van der Waals surface area (Å²) in [6, 6.07) is 5.80. The molecule has 2 aromatic rings. The lowest BCUT2D eigenvalue weighted by atomic mass is 10.1. The molecule has 0 aliphatic carbocycles. The van der Waals surface area contributed by atoms with Crippen molar-refractivity contribution in [2.24, 2.45) is 0 Å². The van der Waals surface area contributed by atoms with E-state index in [0.29, 0.717) is 6.07 Å². The largest absolute Gasteiger partial charge is 0.365 e. The molecule has 0 N–H and O–H groups in total. The van der Waals surface area contributed by atoms with E-state index < -0.39 is 28.3 Å². The lowest BCUT2D eigenvalue weighted by Crippen LogP contribution is -2.54. The lowest BCUT2D eigenvalue weighted by molar-refractivity contribution is -0.385. The van der Waals surface area contributed by atoms with Gasteiger partial charge in [-0.25, -0.2) is 13.2 Å². The van der Waals surface area contributed by atoms with Crippen LogP contribution in [0.2, 0.25) is 0 Å². The predicted molar refractivity (Wildman–Crippen MR) is 92.1 cm³/mol. The van der Waals surface area contributed by atoms with Gasteiger partial charge >= 0.3 is 0 Å². The molecule has 0 unspecified atom stereocenters. The van der Waals surface area contributed by atoms with Gasteiger partial charge < -0.3 is 9.80 Å². The molecule has 1 fully saturated rings. The molecule has 1 aliphatic heterocycles. The second-order valence-corrected chi connectivity index (χ2v) is 6.31. The first-order valence-electron chi connectivity index (χ1n) is 8.23. The second kappa shape index (κ2) is 7.26. The Balaban J connectivity index is 1.76. The number of hydrogen-bond donors (Lipinski definition) is 0. The number of benzene rings is 2. The summed E-state index contributed by atoms with van der Waals surface area (Å²) in [7, 11) is 0. The van der Waals surface area contributed by atoms with Gasteiger partial charge in [-0.3, -0.25) is 14.9 Å². The van der Waals surface area contributed by atoms with E-state index in [4.69, 9.17) is 0 Å². The standard InChI is InChI=1S/C18H16F3N3O3/c1-11-10-22(17-5-3-13(24(26)27)9-16(17)21)6-7-23(11)18(25)14-4-2-12(19)8-15(14)20/h2-5,8-9,11H,6-7,10H2,1H3/t11-/m0/s1. The van der Waals surface area contributed by atoms with Crippen molar-refractivity contribution in [3.8, 4) is 0 Å². The minimum absolute atomic E-state index is 0.201. The molecule has 0 aromatic heterocycles. The fourth-order valence-corrected chi connectivity index (χ4v) is 3.16. The molecule has 27 heavy (non-hydrogen) atoms. The quantitative estimate of drug-likeness (QED) is 0.606. The zero-order valence-corrected chi connectivity index (χ0v) is 14.4. The number of carbonyl (C=O) groups is 1. The Morgan fingerprint density at radius 2 is 1.85 bits per heavy atom. The second-order valence-electron chi connectivity index (χ2n) is 6.31. The highest BCUT2D eigenvalue weighted by molar-refractivity contribution is 5.94. The molecule has 0 spiro atoms. The average molecular weight is 379 g/mol. The van der Waals surface area contributed by atoms with Crippen LogP contribution >= 0.6 is 0 Å². The maximum absolute atomic E-state index is 14.2. The summed E-state index contributed by atoms with van der Waals surface area (Å²) in [5.41, 5.74) is -0.365. The van der Waals surface area contributed by atoms with Crippen molar-refractivity contribution in [3.05, 3.63) is 69.5 Å². The number of rotatable bonds is 3. The van der Waals surface area contributed by atoms with E-state index in [1.165, 1.54) is 17.0 Å². The van der Waals surface area contributed by atoms with Crippen molar-refractivity contribution in [2.75, 3.05) is 24.5 Å². The van der Waals surface area contributed by atoms with Crippen LogP contribution in [-0.2, 0) is 0 Å². The SMILES string of the molecule is C[C@H]1CN(c2ccc([N+](=O)[O-])cc2F)CCN1C(=O)c1ccc(F)cc1F. The van der Waals surface area contributed by atoms with Crippen molar-refractivity contribution < 1.29 is 22.9 Å². The molecule has 3 rings (SSSR count). The van der Waals surface area contributed by atoms with Gasteiger partial charge in [0.25, 0.3) is 11.6 Å². The number of hydrogen-bond acceptors (Lipinski definition) is 4. The lowest BCUT2D eigenvalue weighted by Gasteiger charge is -2.41. The van der Waals surface area contributed by atoms with E-state index in [-0.39, 0.29) is 42.6 Å². The van der Waals surface area contributed by atoms with Crippen molar-refractivity contribution in [3.63, 3.8) is 0 Å². The first kappa shape index (κ1) is 18.7. The molecule has 9 heteroatoms. The fraction of sp³-hybridized carbons (Fsp3) is 0.278. The third kappa shape index (κ3) is 3.71. The molecule has 1 heterocycles. The third-order valence-electron chi connectivity index (χ3n) is 4.53. The van der Waals surface area contributed by atoms with Crippen molar-refractivity contribution in [2.45, 2.75) is 13.0 Å². The van der Waals surface area contributed by atoms with Gasteiger partial charge in [-0.2, -0.15) is 0 Å². The molecule has 0 saturated carbocycles. The van der Waals surface area contributed by atoms with Crippen LogP contribution in [0.25, 0.3) is 0 Å². The summed E-state index contributed by atoms with van der Waals surface area (Å²) in [5.74, 6) is -2.99. The smallest absolute Gasteiger partial charge is 0.272 e. The maximum Gasteiger partial charge on any atom is 0.272 e. The molecule has 0 radical (unpaired) electrons. The monoisotopic (exact) mass is 379 g/mol. The van der Waals surface area contributed by atoms with Gasteiger partial charge in [-0.1, -0.05) is 0 Å². The zero-order valence-electron chi connectivity index (χ0n) is 14.4. The van der Waals surface area contributed by atoms with Crippen molar-refractivity contribution in [1.82, 2.24) is 4.90 Å². The van der Waals surface area contributed by atoms with Crippen LogP contribution in [0.5, 0.6) is 0 Å². The Bertz CT molecular complexity index is 907. The number of nitro benzene ring substituents is 1. The highest BCUT2D eigenvalue weighted by Gasteiger charge is 2.30. The van der Waals surface area contributed by atoms with Crippen molar-refractivity contribution in [1.29, 1.82) is 0 Å². The van der Waals surface area contributed by atoms with Crippen LogP contribution < -0.4 is 4.90 Å². The van der Waals surface area contributed by atoms with Gasteiger partial charge in [0, 0.05) is 37.8 Å². The van der Waals surface area contributed by atoms with Gasteiger partial charge in [-0.05, 0) is 25.1 Å². The Kier molecular flexibility index (Phi) is 5.02. The highest BCUT2D eigenvalue weighted by atomic mass is 19.1. The Morgan fingerprint density at radius 3 is 2.44 bits per heavy atom. The normalized spacial score (nSPS) is 17.1. The van der Waals surface area contributed by atoms with Crippen LogP contribution in [0.4, 0.5) is 24.5 Å². The fourth-order valence-electron chi connectivity index (χ4n) is 3.16. The van der Waals surface area contributed by atoms with E-state index in [9.17, 15) is 28.1 Å². The summed E-state index contributed by atoms with van der Waals surface area (Å²) in [6.07, 6.45) is 0. The number of nitrogens with zero attached hydrogens (tertiary/aromatic N) is 3. The first-order chi connectivity index (χ1) is 12.8. The average Bonchev–Trinajstić information content (AvgIpc) is 2.61. The van der Waals surface area contributed by atoms with Crippen LogP contribution in [0.3, 0.4) is 0 Å². The number of non-ortho nitro benzene ring substituents is 1. The Labute approximate surface area is 153 Å². The molecular weight excluding hydrogens is 363 g/mol. The number of piperazine rings is 1. The summed E-state index contributed by atoms with van der Waals surface area (Å²) < 4.78 is 41.1.